The molecule has 2 aromatic rings. The number of hydrogen-bond donors (Lipinski definition) is 1. The minimum Gasteiger partial charge on any atom is -0.352 e. The predicted octanol–water partition coefficient (Wildman–Crippen LogP) is 3.03. The fourth-order valence-corrected chi connectivity index (χ4v) is 2.81. The van der Waals surface area contributed by atoms with Gasteiger partial charge in [-0.2, -0.15) is 0 Å². The van der Waals surface area contributed by atoms with Crippen LogP contribution in [0, 0.1) is 0 Å². The van der Waals surface area contributed by atoms with Crippen molar-refractivity contribution < 1.29 is 9.59 Å². The molecule has 2 amide bonds. The van der Waals surface area contributed by atoms with E-state index in [1.807, 2.05) is 51.4 Å². The third-order valence-electron chi connectivity index (χ3n) is 4.32. The van der Waals surface area contributed by atoms with Crippen LogP contribution in [-0.2, 0) is 6.54 Å². The van der Waals surface area contributed by atoms with Crippen molar-refractivity contribution in [1.82, 2.24) is 15.1 Å². The Hall–Kier alpha value is -2.66. The second kappa shape index (κ2) is 10.5. The lowest BCUT2D eigenvalue weighted by molar-refractivity contribution is 0.0752. The second-order valence-electron chi connectivity index (χ2n) is 6.80. The van der Waals surface area contributed by atoms with E-state index >= 15 is 0 Å². The normalized spacial score (nSPS) is 10.7. The molecule has 0 atom stereocenters. The Bertz CT molecular complexity index is 744. The summed E-state index contributed by atoms with van der Waals surface area (Å²) in [7, 11) is 4.01. The van der Waals surface area contributed by atoms with Gasteiger partial charge in [0.25, 0.3) is 11.8 Å². The molecule has 0 aliphatic heterocycles. The van der Waals surface area contributed by atoms with Crippen LogP contribution in [0.1, 0.15) is 39.6 Å². The highest BCUT2D eigenvalue weighted by molar-refractivity contribution is 5.99. The summed E-state index contributed by atoms with van der Waals surface area (Å²) in [6.45, 7) is 4.65. The van der Waals surface area contributed by atoms with Crippen LogP contribution in [0.25, 0.3) is 0 Å². The molecule has 0 saturated carbocycles. The van der Waals surface area contributed by atoms with Crippen LogP contribution < -0.4 is 5.32 Å². The molecule has 5 heteroatoms. The quantitative estimate of drug-likeness (QED) is 0.693. The molecule has 0 bridgehead atoms. The molecule has 0 spiro atoms. The minimum atomic E-state index is -0.144. The lowest BCUT2D eigenvalue weighted by Gasteiger charge is -2.21. The Morgan fingerprint density at radius 3 is 2.33 bits per heavy atom. The van der Waals surface area contributed by atoms with Crippen molar-refractivity contribution in [2.75, 3.05) is 33.7 Å². The van der Waals surface area contributed by atoms with Gasteiger partial charge in [-0.3, -0.25) is 9.59 Å². The molecule has 0 fully saturated rings. The molecule has 0 saturated heterocycles. The van der Waals surface area contributed by atoms with E-state index in [1.165, 1.54) is 0 Å². The summed E-state index contributed by atoms with van der Waals surface area (Å²) in [5, 5.41) is 2.91. The van der Waals surface area contributed by atoms with Gasteiger partial charge in [0.15, 0.2) is 0 Å². The zero-order valence-corrected chi connectivity index (χ0v) is 16.4. The van der Waals surface area contributed by atoms with Crippen molar-refractivity contribution >= 4 is 11.8 Å². The van der Waals surface area contributed by atoms with E-state index in [-0.39, 0.29) is 11.8 Å². The number of rotatable bonds is 9. The molecule has 144 valence electrons. The predicted molar refractivity (Wildman–Crippen MR) is 109 cm³/mol. The van der Waals surface area contributed by atoms with Gasteiger partial charge in [-0.05, 0) is 57.7 Å². The summed E-state index contributed by atoms with van der Waals surface area (Å²) in [4.78, 5) is 29.1. The molecule has 5 nitrogen and oxygen atoms in total. The van der Waals surface area contributed by atoms with Gasteiger partial charge < -0.3 is 15.1 Å². The van der Waals surface area contributed by atoms with Crippen LogP contribution in [0.5, 0.6) is 0 Å². The molecule has 0 aliphatic carbocycles. The molecule has 0 heterocycles. The molecular weight excluding hydrogens is 338 g/mol. The Morgan fingerprint density at radius 2 is 1.67 bits per heavy atom. The maximum Gasteiger partial charge on any atom is 0.254 e. The topological polar surface area (TPSA) is 52.7 Å². The van der Waals surface area contributed by atoms with E-state index in [1.54, 1.807) is 29.2 Å². The Kier molecular flexibility index (Phi) is 8.01. The molecule has 0 aromatic heterocycles. The standard InChI is InChI=1S/C22H29N3O2/c1-4-25(17-18-10-6-5-7-11-18)22(27)20-13-8-12-19(16-20)21(26)23-14-9-15-24(2)3/h5-8,10-13,16H,4,9,14-15,17H2,1-3H3,(H,23,26). The van der Waals surface area contributed by atoms with Gasteiger partial charge in [-0.1, -0.05) is 36.4 Å². The van der Waals surface area contributed by atoms with Crippen molar-refractivity contribution in [2.45, 2.75) is 19.9 Å². The number of benzene rings is 2. The number of hydrogen-bond acceptors (Lipinski definition) is 3. The van der Waals surface area contributed by atoms with E-state index < -0.39 is 0 Å². The molecule has 0 aliphatic rings. The van der Waals surface area contributed by atoms with E-state index in [9.17, 15) is 9.59 Å². The van der Waals surface area contributed by atoms with Crippen molar-refractivity contribution in [3.05, 3.63) is 71.3 Å². The first kappa shape index (κ1) is 20.6. The average molecular weight is 367 g/mol. The molecule has 27 heavy (non-hydrogen) atoms. The van der Waals surface area contributed by atoms with Gasteiger partial charge in [-0.15, -0.1) is 0 Å². The Balaban J connectivity index is 2.01. The van der Waals surface area contributed by atoms with Crippen molar-refractivity contribution in [3.8, 4) is 0 Å². The van der Waals surface area contributed by atoms with Gasteiger partial charge in [0.2, 0.25) is 0 Å². The molecular formula is C22H29N3O2. The monoisotopic (exact) mass is 367 g/mol. The summed E-state index contributed by atoms with van der Waals surface area (Å²) in [5.41, 5.74) is 2.14. The molecule has 2 rings (SSSR count). The van der Waals surface area contributed by atoms with Gasteiger partial charge in [0.1, 0.15) is 0 Å². The molecule has 0 unspecified atom stereocenters. The SMILES string of the molecule is CCN(Cc1ccccc1)C(=O)c1cccc(C(=O)NCCCN(C)C)c1. The van der Waals surface area contributed by atoms with Gasteiger partial charge >= 0.3 is 0 Å². The zero-order chi connectivity index (χ0) is 19.6. The minimum absolute atomic E-state index is 0.0661. The lowest BCUT2D eigenvalue weighted by atomic mass is 10.1. The highest BCUT2D eigenvalue weighted by Gasteiger charge is 2.16. The third-order valence-corrected chi connectivity index (χ3v) is 4.32. The maximum absolute atomic E-state index is 12.9. The number of nitrogens with zero attached hydrogens (tertiary/aromatic N) is 2. The Morgan fingerprint density at radius 1 is 0.963 bits per heavy atom. The van der Waals surface area contributed by atoms with Crippen LogP contribution in [0.4, 0.5) is 0 Å². The smallest absolute Gasteiger partial charge is 0.254 e. The lowest BCUT2D eigenvalue weighted by Crippen LogP contribution is -2.31. The molecule has 2 aromatic carbocycles. The first-order valence-corrected chi connectivity index (χ1v) is 9.37. The highest BCUT2D eigenvalue weighted by Crippen LogP contribution is 2.12. The van der Waals surface area contributed by atoms with Crippen LogP contribution in [-0.4, -0.2) is 55.3 Å². The summed E-state index contributed by atoms with van der Waals surface area (Å²) in [5.74, 6) is -0.210. The maximum atomic E-state index is 12.9. The van der Waals surface area contributed by atoms with Crippen molar-refractivity contribution in [3.63, 3.8) is 0 Å². The van der Waals surface area contributed by atoms with Crippen LogP contribution in [0.15, 0.2) is 54.6 Å². The van der Waals surface area contributed by atoms with Gasteiger partial charge in [0, 0.05) is 30.8 Å². The van der Waals surface area contributed by atoms with Gasteiger partial charge in [0.05, 0.1) is 0 Å². The summed E-state index contributed by atoms with van der Waals surface area (Å²) < 4.78 is 0. The fourth-order valence-electron chi connectivity index (χ4n) is 2.81. The number of carbonyl (C=O) groups is 2. The van der Waals surface area contributed by atoms with Crippen molar-refractivity contribution in [2.24, 2.45) is 0 Å². The number of nitrogens with one attached hydrogen (secondary N) is 1. The largest absolute Gasteiger partial charge is 0.352 e. The summed E-state index contributed by atoms with van der Waals surface area (Å²) in [6.07, 6.45) is 0.887. The van der Waals surface area contributed by atoms with Crippen LogP contribution in [0.2, 0.25) is 0 Å². The third kappa shape index (κ3) is 6.53. The number of carbonyl (C=O) groups excluding carboxylic acids is 2. The van der Waals surface area contributed by atoms with E-state index in [0.29, 0.717) is 30.8 Å². The molecule has 1 N–H and O–H groups in total. The number of amides is 2. The van der Waals surface area contributed by atoms with E-state index in [4.69, 9.17) is 0 Å². The second-order valence-corrected chi connectivity index (χ2v) is 6.80. The first-order valence-electron chi connectivity index (χ1n) is 9.37. The van der Waals surface area contributed by atoms with E-state index in [2.05, 4.69) is 10.2 Å². The van der Waals surface area contributed by atoms with Crippen LogP contribution >= 0.6 is 0 Å². The Labute approximate surface area is 162 Å². The zero-order valence-electron chi connectivity index (χ0n) is 16.4. The highest BCUT2D eigenvalue weighted by atomic mass is 16.2. The van der Waals surface area contributed by atoms with E-state index in [0.717, 1.165) is 18.5 Å². The first-order chi connectivity index (χ1) is 13.0. The summed E-state index contributed by atoms with van der Waals surface area (Å²) in [6, 6.07) is 16.9. The van der Waals surface area contributed by atoms with Gasteiger partial charge in [-0.25, -0.2) is 0 Å². The van der Waals surface area contributed by atoms with Crippen molar-refractivity contribution in [1.29, 1.82) is 0 Å². The average Bonchev–Trinajstić information content (AvgIpc) is 2.69. The van der Waals surface area contributed by atoms with Crippen LogP contribution in [0.3, 0.4) is 0 Å². The fraction of sp³-hybridized carbons (Fsp3) is 0.364. The summed E-state index contributed by atoms with van der Waals surface area (Å²) >= 11 is 0. The molecule has 0 radical (unpaired) electrons.